The molecule has 0 saturated carbocycles. The van der Waals surface area contributed by atoms with Gasteiger partial charge in [0.2, 0.25) is 0 Å². The molecular formula is C22H28Cl3FN2O. The zero-order valence-electron chi connectivity index (χ0n) is 16.3. The van der Waals surface area contributed by atoms with E-state index in [9.17, 15) is 4.39 Å². The molecule has 0 bridgehead atoms. The smallest absolute Gasteiger partial charge is 0.123 e. The molecule has 1 aliphatic heterocycles. The van der Waals surface area contributed by atoms with Crippen molar-refractivity contribution < 1.29 is 9.13 Å². The van der Waals surface area contributed by atoms with Crippen LogP contribution >= 0.6 is 36.4 Å². The molecule has 0 spiro atoms. The predicted molar refractivity (Wildman–Crippen MR) is 123 cm³/mol. The summed E-state index contributed by atoms with van der Waals surface area (Å²) in [4.78, 5) is 4.82. The zero-order chi connectivity index (χ0) is 19.1. The summed E-state index contributed by atoms with van der Waals surface area (Å²) in [5, 5.41) is 0.689. The molecule has 3 rings (SSSR count). The average molecular weight is 462 g/mol. The van der Waals surface area contributed by atoms with E-state index in [1.54, 1.807) is 12.1 Å². The van der Waals surface area contributed by atoms with Crippen LogP contribution in [0.4, 0.5) is 4.39 Å². The van der Waals surface area contributed by atoms with Crippen LogP contribution < -0.4 is 0 Å². The van der Waals surface area contributed by atoms with Crippen LogP contribution in [0, 0.1) is 5.82 Å². The highest BCUT2D eigenvalue weighted by Gasteiger charge is 2.18. The van der Waals surface area contributed by atoms with Gasteiger partial charge in [0.05, 0.1) is 6.61 Å². The largest absolute Gasteiger partial charge is 0.367 e. The number of hydrogen-bond donors (Lipinski definition) is 0. The second-order valence-electron chi connectivity index (χ2n) is 6.78. The monoisotopic (exact) mass is 460 g/mol. The molecule has 0 aromatic heterocycles. The maximum Gasteiger partial charge on any atom is 0.123 e. The molecule has 1 saturated heterocycles. The van der Waals surface area contributed by atoms with Gasteiger partial charge in [-0.2, -0.15) is 0 Å². The molecule has 0 aliphatic carbocycles. The fourth-order valence-corrected chi connectivity index (χ4v) is 3.46. The molecule has 1 fully saturated rings. The van der Waals surface area contributed by atoms with Crippen molar-refractivity contribution in [3.63, 3.8) is 0 Å². The molecule has 2 aromatic carbocycles. The molecule has 0 N–H and O–H groups in total. The van der Waals surface area contributed by atoms with Crippen LogP contribution in [0.15, 0.2) is 61.2 Å². The number of piperazine rings is 1. The van der Waals surface area contributed by atoms with Gasteiger partial charge in [0, 0.05) is 44.3 Å². The summed E-state index contributed by atoms with van der Waals surface area (Å²) in [6.07, 6.45) is 1.72. The second-order valence-corrected chi connectivity index (χ2v) is 7.22. The summed E-state index contributed by atoms with van der Waals surface area (Å²) >= 11 is 6.02. The van der Waals surface area contributed by atoms with E-state index in [1.165, 1.54) is 12.1 Å². The standard InChI is InChI=1S/C22H26ClFN2O.2ClH/c1-2-11-25-12-14-26(15-13-25)16-17-27-22(18-3-7-20(23)8-4-18)19-5-9-21(24)10-6-19;;/h2-10,22H,1,11-17H2;2*1H. The molecule has 2 aromatic rings. The summed E-state index contributed by atoms with van der Waals surface area (Å²) in [6, 6.07) is 14.1. The molecule has 1 aliphatic rings. The summed E-state index contributed by atoms with van der Waals surface area (Å²) in [6.45, 7) is 10.5. The Balaban J connectivity index is 0.00000210. The Morgan fingerprint density at radius 1 is 0.931 bits per heavy atom. The zero-order valence-corrected chi connectivity index (χ0v) is 18.7. The average Bonchev–Trinajstić information content (AvgIpc) is 2.69. The lowest BCUT2D eigenvalue weighted by Crippen LogP contribution is -2.47. The SMILES string of the molecule is C=CCN1CCN(CCOC(c2ccc(F)cc2)c2ccc(Cl)cc2)CC1.Cl.Cl. The van der Waals surface area contributed by atoms with Crippen LogP contribution in [-0.4, -0.2) is 55.7 Å². The van der Waals surface area contributed by atoms with Crippen molar-refractivity contribution in [1.29, 1.82) is 0 Å². The van der Waals surface area contributed by atoms with Gasteiger partial charge in [0.25, 0.3) is 0 Å². The van der Waals surface area contributed by atoms with Gasteiger partial charge in [-0.25, -0.2) is 4.39 Å². The molecule has 3 nitrogen and oxygen atoms in total. The Hall–Kier alpha value is -1.14. The quantitative estimate of drug-likeness (QED) is 0.501. The molecule has 160 valence electrons. The Labute approximate surface area is 190 Å². The highest BCUT2D eigenvalue weighted by atomic mass is 35.5. The molecule has 0 amide bonds. The topological polar surface area (TPSA) is 15.7 Å². The summed E-state index contributed by atoms with van der Waals surface area (Å²) in [5.41, 5.74) is 1.95. The van der Waals surface area contributed by atoms with Crippen LogP contribution in [0.2, 0.25) is 5.02 Å². The number of hydrogen-bond acceptors (Lipinski definition) is 3. The third-order valence-electron chi connectivity index (χ3n) is 4.89. The Morgan fingerprint density at radius 3 is 2.00 bits per heavy atom. The lowest BCUT2D eigenvalue weighted by molar-refractivity contribution is 0.0467. The predicted octanol–water partition coefficient (Wildman–Crippen LogP) is 5.23. The first kappa shape index (κ1) is 25.9. The van der Waals surface area contributed by atoms with Crippen molar-refractivity contribution in [2.24, 2.45) is 0 Å². The summed E-state index contributed by atoms with van der Waals surface area (Å²) in [5.74, 6) is -0.244. The second kappa shape index (κ2) is 13.2. The van der Waals surface area contributed by atoms with E-state index in [-0.39, 0.29) is 36.7 Å². The third-order valence-corrected chi connectivity index (χ3v) is 5.14. The van der Waals surface area contributed by atoms with Crippen molar-refractivity contribution in [1.82, 2.24) is 9.80 Å². The van der Waals surface area contributed by atoms with E-state index in [2.05, 4.69) is 16.4 Å². The van der Waals surface area contributed by atoms with Crippen molar-refractivity contribution in [3.05, 3.63) is 83.2 Å². The van der Waals surface area contributed by atoms with Crippen LogP contribution in [0.3, 0.4) is 0 Å². The molecule has 1 atom stereocenters. The minimum atomic E-state index is -0.244. The van der Waals surface area contributed by atoms with Gasteiger partial charge in [-0.1, -0.05) is 41.9 Å². The number of ether oxygens (including phenoxy) is 1. The molecule has 29 heavy (non-hydrogen) atoms. The van der Waals surface area contributed by atoms with Crippen molar-refractivity contribution in [2.45, 2.75) is 6.10 Å². The van der Waals surface area contributed by atoms with Crippen LogP contribution in [0.1, 0.15) is 17.2 Å². The molecular weight excluding hydrogens is 434 g/mol. The first-order valence-electron chi connectivity index (χ1n) is 9.34. The number of benzene rings is 2. The van der Waals surface area contributed by atoms with Crippen LogP contribution in [-0.2, 0) is 4.74 Å². The Morgan fingerprint density at radius 2 is 1.45 bits per heavy atom. The van der Waals surface area contributed by atoms with Gasteiger partial charge in [-0.15, -0.1) is 31.4 Å². The first-order valence-corrected chi connectivity index (χ1v) is 9.71. The van der Waals surface area contributed by atoms with Crippen molar-refractivity contribution in [3.8, 4) is 0 Å². The fourth-order valence-electron chi connectivity index (χ4n) is 3.34. The summed E-state index contributed by atoms with van der Waals surface area (Å²) in [7, 11) is 0. The van der Waals surface area contributed by atoms with E-state index in [0.717, 1.165) is 50.4 Å². The highest BCUT2D eigenvalue weighted by Crippen LogP contribution is 2.27. The van der Waals surface area contributed by atoms with E-state index in [1.807, 2.05) is 30.3 Å². The Kier molecular flexibility index (Phi) is 11.8. The molecule has 7 heteroatoms. The van der Waals surface area contributed by atoms with Crippen LogP contribution in [0.25, 0.3) is 0 Å². The Bertz CT molecular complexity index is 674. The van der Waals surface area contributed by atoms with Gasteiger partial charge >= 0.3 is 0 Å². The summed E-state index contributed by atoms with van der Waals surface area (Å²) < 4.78 is 19.5. The fraction of sp³-hybridized carbons (Fsp3) is 0.364. The van der Waals surface area contributed by atoms with Gasteiger partial charge in [0.1, 0.15) is 11.9 Å². The lowest BCUT2D eigenvalue weighted by Gasteiger charge is -2.34. The molecule has 0 radical (unpaired) electrons. The van der Waals surface area contributed by atoms with Gasteiger partial charge < -0.3 is 4.74 Å². The number of rotatable bonds is 8. The molecule has 1 heterocycles. The van der Waals surface area contributed by atoms with Gasteiger partial charge in [-0.05, 0) is 35.4 Å². The minimum absolute atomic E-state index is 0. The van der Waals surface area contributed by atoms with Crippen molar-refractivity contribution >= 4 is 36.4 Å². The normalized spacial score (nSPS) is 15.8. The molecule has 1 unspecified atom stereocenters. The van der Waals surface area contributed by atoms with Crippen molar-refractivity contribution in [2.75, 3.05) is 45.9 Å². The third kappa shape index (κ3) is 7.89. The first-order chi connectivity index (χ1) is 13.2. The van der Waals surface area contributed by atoms with Gasteiger partial charge in [-0.3, -0.25) is 9.80 Å². The van der Waals surface area contributed by atoms with E-state index in [4.69, 9.17) is 16.3 Å². The number of nitrogens with zero attached hydrogens (tertiary/aromatic N) is 2. The van der Waals surface area contributed by atoms with E-state index in [0.29, 0.717) is 11.6 Å². The maximum absolute atomic E-state index is 13.3. The lowest BCUT2D eigenvalue weighted by atomic mass is 10.0. The van der Waals surface area contributed by atoms with E-state index >= 15 is 0 Å². The highest BCUT2D eigenvalue weighted by molar-refractivity contribution is 6.30. The minimum Gasteiger partial charge on any atom is -0.367 e. The van der Waals surface area contributed by atoms with Gasteiger partial charge in [0.15, 0.2) is 0 Å². The van der Waals surface area contributed by atoms with E-state index < -0.39 is 0 Å². The van der Waals surface area contributed by atoms with Crippen LogP contribution in [0.5, 0.6) is 0 Å². The maximum atomic E-state index is 13.3. The number of halogens is 4.